The first kappa shape index (κ1) is 17.1. The van der Waals surface area contributed by atoms with Crippen LogP contribution in [0.2, 0.25) is 0 Å². The molecule has 4 aromatic carbocycles. The largest absolute Gasteiger partial charge is 0.493 e. The Kier molecular flexibility index (Phi) is 5.31. The molecule has 0 aromatic heterocycles. The normalized spacial score (nSPS) is 10.5. The first-order valence-electron chi connectivity index (χ1n) is 9.32. The second kappa shape index (κ2) is 8.37. The van der Waals surface area contributed by atoms with Gasteiger partial charge in [-0.3, -0.25) is 0 Å². The number of hydrogen-bond acceptors (Lipinski definition) is 1. The standard InChI is InChI=1S/C26H22O/c1-4-11-21(12-5-1)25-18-10-15-23(26(25)22-13-6-2-7-14-22)19-20-27-24-16-8-3-9-17-24/h1-18H,19-20H2. The van der Waals surface area contributed by atoms with Crippen LogP contribution in [0.15, 0.2) is 109 Å². The van der Waals surface area contributed by atoms with Gasteiger partial charge in [0, 0.05) is 6.42 Å². The van der Waals surface area contributed by atoms with Crippen molar-refractivity contribution in [1.29, 1.82) is 0 Å². The van der Waals surface area contributed by atoms with Crippen molar-refractivity contribution in [2.75, 3.05) is 6.61 Å². The Labute approximate surface area is 160 Å². The maximum atomic E-state index is 5.95. The fraction of sp³-hybridized carbons (Fsp3) is 0.0769. The summed E-state index contributed by atoms with van der Waals surface area (Å²) in [5.41, 5.74) is 6.34. The summed E-state index contributed by atoms with van der Waals surface area (Å²) in [5.74, 6) is 0.915. The van der Waals surface area contributed by atoms with E-state index in [4.69, 9.17) is 4.74 Å². The zero-order chi connectivity index (χ0) is 18.3. The molecule has 4 rings (SSSR count). The molecule has 0 saturated carbocycles. The molecular formula is C26H22O. The van der Waals surface area contributed by atoms with Crippen LogP contribution in [0.3, 0.4) is 0 Å². The van der Waals surface area contributed by atoms with Gasteiger partial charge in [0.25, 0.3) is 0 Å². The van der Waals surface area contributed by atoms with Crippen molar-refractivity contribution < 1.29 is 4.74 Å². The highest BCUT2D eigenvalue weighted by atomic mass is 16.5. The van der Waals surface area contributed by atoms with E-state index in [-0.39, 0.29) is 0 Å². The van der Waals surface area contributed by atoms with Gasteiger partial charge in [0.2, 0.25) is 0 Å². The quantitative estimate of drug-likeness (QED) is 0.378. The molecule has 0 bridgehead atoms. The molecule has 0 heterocycles. The number of ether oxygens (including phenoxy) is 1. The Morgan fingerprint density at radius 1 is 0.519 bits per heavy atom. The van der Waals surface area contributed by atoms with Gasteiger partial charge in [-0.1, -0.05) is 97.1 Å². The van der Waals surface area contributed by atoms with E-state index >= 15 is 0 Å². The molecule has 132 valence electrons. The molecule has 0 saturated heterocycles. The lowest BCUT2D eigenvalue weighted by molar-refractivity contribution is 0.322. The van der Waals surface area contributed by atoms with Gasteiger partial charge < -0.3 is 4.74 Å². The highest BCUT2D eigenvalue weighted by Gasteiger charge is 2.12. The van der Waals surface area contributed by atoms with E-state index in [0.717, 1.165) is 12.2 Å². The van der Waals surface area contributed by atoms with E-state index in [2.05, 4.69) is 78.9 Å². The summed E-state index contributed by atoms with van der Waals surface area (Å²) in [4.78, 5) is 0. The molecule has 0 fully saturated rings. The van der Waals surface area contributed by atoms with Gasteiger partial charge >= 0.3 is 0 Å². The van der Waals surface area contributed by atoms with Crippen molar-refractivity contribution >= 4 is 0 Å². The van der Waals surface area contributed by atoms with Crippen LogP contribution in [0.1, 0.15) is 5.56 Å². The maximum Gasteiger partial charge on any atom is 0.119 e. The van der Waals surface area contributed by atoms with Crippen LogP contribution < -0.4 is 4.74 Å². The lowest BCUT2D eigenvalue weighted by Gasteiger charge is -2.16. The third kappa shape index (κ3) is 4.09. The topological polar surface area (TPSA) is 9.23 Å². The van der Waals surface area contributed by atoms with E-state index in [1.54, 1.807) is 0 Å². The predicted molar refractivity (Wildman–Crippen MR) is 113 cm³/mol. The number of benzene rings is 4. The molecule has 27 heavy (non-hydrogen) atoms. The van der Waals surface area contributed by atoms with Crippen molar-refractivity contribution in [2.24, 2.45) is 0 Å². The SMILES string of the molecule is c1ccc(OCCc2cccc(-c3ccccc3)c2-c2ccccc2)cc1. The molecule has 0 radical (unpaired) electrons. The molecule has 0 aliphatic rings. The van der Waals surface area contributed by atoms with Gasteiger partial charge in [-0.15, -0.1) is 0 Å². The van der Waals surface area contributed by atoms with Gasteiger partial charge in [-0.05, 0) is 39.9 Å². The molecule has 1 heteroatoms. The molecule has 0 spiro atoms. The molecule has 4 aromatic rings. The molecule has 0 aliphatic carbocycles. The van der Waals surface area contributed by atoms with Gasteiger partial charge in [0.1, 0.15) is 5.75 Å². The summed E-state index contributed by atoms with van der Waals surface area (Å²) in [6.45, 7) is 0.655. The lowest BCUT2D eigenvalue weighted by atomic mass is 9.89. The van der Waals surface area contributed by atoms with Crippen LogP contribution in [-0.2, 0) is 6.42 Å². The van der Waals surface area contributed by atoms with Crippen molar-refractivity contribution in [1.82, 2.24) is 0 Å². The highest BCUT2D eigenvalue weighted by molar-refractivity contribution is 5.85. The second-order valence-corrected chi connectivity index (χ2v) is 6.48. The van der Waals surface area contributed by atoms with E-state index in [9.17, 15) is 0 Å². The van der Waals surface area contributed by atoms with Crippen LogP contribution in [0.4, 0.5) is 0 Å². The summed E-state index contributed by atoms with van der Waals surface area (Å²) < 4.78 is 5.95. The monoisotopic (exact) mass is 350 g/mol. The number of rotatable bonds is 6. The Morgan fingerprint density at radius 3 is 1.78 bits per heavy atom. The summed E-state index contributed by atoms with van der Waals surface area (Å²) in [6, 6.07) is 37.8. The fourth-order valence-corrected chi connectivity index (χ4v) is 3.41. The van der Waals surface area contributed by atoms with Gasteiger partial charge in [0.05, 0.1) is 6.61 Å². The summed E-state index contributed by atoms with van der Waals surface area (Å²) in [6.07, 6.45) is 0.861. The van der Waals surface area contributed by atoms with Crippen molar-refractivity contribution in [2.45, 2.75) is 6.42 Å². The predicted octanol–water partition coefficient (Wildman–Crippen LogP) is 6.64. The Balaban J connectivity index is 1.68. The van der Waals surface area contributed by atoms with Crippen molar-refractivity contribution in [3.8, 4) is 28.0 Å². The average molecular weight is 350 g/mol. The molecule has 0 atom stereocenters. The van der Waals surface area contributed by atoms with Gasteiger partial charge in [-0.25, -0.2) is 0 Å². The smallest absolute Gasteiger partial charge is 0.119 e. The maximum absolute atomic E-state index is 5.95. The van der Waals surface area contributed by atoms with Gasteiger partial charge in [-0.2, -0.15) is 0 Å². The molecular weight excluding hydrogens is 328 g/mol. The average Bonchev–Trinajstić information content (AvgIpc) is 2.75. The van der Waals surface area contributed by atoms with E-state index in [0.29, 0.717) is 6.61 Å². The summed E-state index contributed by atoms with van der Waals surface area (Å²) >= 11 is 0. The molecule has 0 unspecified atom stereocenters. The Morgan fingerprint density at radius 2 is 1.11 bits per heavy atom. The van der Waals surface area contributed by atoms with Crippen molar-refractivity contribution in [3.63, 3.8) is 0 Å². The summed E-state index contributed by atoms with van der Waals surface area (Å²) in [7, 11) is 0. The second-order valence-electron chi connectivity index (χ2n) is 6.48. The first-order valence-corrected chi connectivity index (χ1v) is 9.32. The molecule has 0 N–H and O–H groups in total. The lowest BCUT2D eigenvalue weighted by Crippen LogP contribution is -2.03. The van der Waals surface area contributed by atoms with Crippen LogP contribution in [0.25, 0.3) is 22.3 Å². The first-order chi connectivity index (χ1) is 13.4. The molecule has 0 aliphatic heterocycles. The van der Waals surface area contributed by atoms with Gasteiger partial charge in [0.15, 0.2) is 0 Å². The van der Waals surface area contributed by atoms with E-state index in [1.807, 2.05) is 30.3 Å². The van der Waals surface area contributed by atoms with Crippen molar-refractivity contribution in [3.05, 3.63) is 115 Å². The Hall–Kier alpha value is -3.32. The molecule has 1 nitrogen and oxygen atoms in total. The zero-order valence-electron chi connectivity index (χ0n) is 15.2. The third-order valence-electron chi connectivity index (χ3n) is 4.68. The van der Waals surface area contributed by atoms with Crippen LogP contribution in [-0.4, -0.2) is 6.61 Å². The summed E-state index contributed by atoms with van der Waals surface area (Å²) in [5, 5.41) is 0. The third-order valence-corrected chi connectivity index (χ3v) is 4.68. The molecule has 0 amide bonds. The van der Waals surface area contributed by atoms with Crippen LogP contribution >= 0.6 is 0 Å². The minimum atomic E-state index is 0.655. The van der Waals surface area contributed by atoms with Crippen LogP contribution in [0.5, 0.6) is 5.75 Å². The minimum Gasteiger partial charge on any atom is -0.493 e. The van der Waals surface area contributed by atoms with Crippen LogP contribution in [0, 0.1) is 0 Å². The highest BCUT2D eigenvalue weighted by Crippen LogP contribution is 2.35. The van der Waals surface area contributed by atoms with E-state index < -0.39 is 0 Å². The Bertz CT molecular complexity index is 976. The number of hydrogen-bond donors (Lipinski definition) is 0. The number of para-hydroxylation sites is 1. The minimum absolute atomic E-state index is 0.655. The zero-order valence-corrected chi connectivity index (χ0v) is 15.2. The van der Waals surface area contributed by atoms with E-state index in [1.165, 1.54) is 27.8 Å². The fourth-order valence-electron chi connectivity index (χ4n) is 3.41.